The van der Waals surface area contributed by atoms with E-state index in [1.165, 1.54) is 0 Å². The fraction of sp³-hybridized carbons (Fsp3) is 0.643. The molecule has 0 aromatic carbocycles. The van der Waals surface area contributed by atoms with Crippen molar-refractivity contribution in [2.75, 3.05) is 43.4 Å². The summed E-state index contributed by atoms with van der Waals surface area (Å²) in [5.41, 5.74) is -0.460. The van der Waals surface area contributed by atoms with Crippen LogP contribution in [0.4, 0.5) is 16.6 Å². The maximum Gasteiger partial charge on any atom is 0.410 e. The Hall–Kier alpha value is -2.05. The lowest BCUT2D eigenvalue weighted by atomic mass is 10.2. The van der Waals surface area contributed by atoms with E-state index in [9.17, 15) is 4.79 Å². The first kappa shape index (κ1) is 15.3. The highest BCUT2D eigenvalue weighted by Crippen LogP contribution is 2.15. The number of amides is 1. The predicted molar refractivity (Wildman–Crippen MR) is 81.6 cm³/mol. The molecule has 2 rings (SSSR count). The van der Waals surface area contributed by atoms with Gasteiger partial charge < -0.3 is 19.9 Å². The molecule has 1 aromatic heterocycles. The van der Waals surface area contributed by atoms with Gasteiger partial charge in [-0.2, -0.15) is 4.98 Å². The monoisotopic (exact) mass is 293 g/mol. The molecule has 0 saturated carbocycles. The molecular formula is C14H23N5O2. The third-order valence-corrected chi connectivity index (χ3v) is 3.11. The summed E-state index contributed by atoms with van der Waals surface area (Å²) in [4.78, 5) is 24.5. The Kier molecular flexibility index (Phi) is 4.50. The lowest BCUT2D eigenvalue weighted by Gasteiger charge is -2.35. The molecule has 1 saturated heterocycles. The Bertz CT molecular complexity index is 492. The molecule has 0 unspecified atom stereocenters. The molecule has 1 amide bonds. The molecular weight excluding hydrogens is 270 g/mol. The van der Waals surface area contributed by atoms with Crippen molar-refractivity contribution in [3.8, 4) is 0 Å². The van der Waals surface area contributed by atoms with Crippen LogP contribution in [0, 0.1) is 0 Å². The molecule has 7 nitrogen and oxygen atoms in total. The van der Waals surface area contributed by atoms with Crippen molar-refractivity contribution < 1.29 is 9.53 Å². The van der Waals surface area contributed by atoms with Gasteiger partial charge in [0.25, 0.3) is 0 Å². The zero-order chi connectivity index (χ0) is 15.5. The fourth-order valence-electron chi connectivity index (χ4n) is 2.06. The van der Waals surface area contributed by atoms with Crippen LogP contribution in [0.1, 0.15) is 20.8 Å². The molecule has 21 heavy (non-hydrogen) atoms. The molecule has 0 atom stereocenters. The second-order valence-electron chi connectivity index (χ2n) is 5.95. The number of hydrogen-bond acceptors (Lipinski definition) is 6. The Morgan fingerprint density at radius 1 is 1.29 bits per heavy atom. The number of nitrogens with one attached hydrogen (secondary N) is 1. The van der Waals surface area contributed by atoms with E-state index in [0.717, 1.165) is 5.82 Å². The van der Waals surface area contributed by atoms with Crippen molar-refractivity contribution in [1.29, 1.82) is 0 Å². The first-order valence-corrected chi connectivity index (χ1v) is 7.13. The summed E-state index contributed by atoms with van der Waals surface area (Å²) in [7, 11) is 1.83. The third kappa shape index (κ3) is 4.21. The van der Waals surface area contributed by atoms with Gasteiger partial charge in [-0.15, -0.1) is 0 Å². The molecule has 2 heterocycles. The quantitative estimate of drug-likeness (QED) is 0.892. The number of piperazine rings is 1. The van der Waals surface area contributed by atoms with E-state index in [1.807, 2.05) is 33.9 Å². The smallest absolute Gasteiger partial charge is 0.410 e. The molecule has 1 N–H and O–H groups in total. The summed E-state index contributed by atoms with van der Waals surface area (Å²) < 4.78 is 5.38. The second-order valence-corrected chi connectivity index (χ2v) is 5.95. The number of hydrogen-bond donors (Lipinski definition) is 1. The van der Waals surface area contributed by atoms with Crippen LogP contribution in [0.5, 0.6) is 0 Å². The normalized spacial score (nSPS) is 15.8. The number of rotatable bonds is 2. The van der Waals surface area contributed by atoms with E-state index in [0.29, 0.717) is 32.1 Å². The first-order valence-electron chi connectivity index (χ1n) is 7.13. The Morgan fingerprint density at radius 2 is 1.95 bits per heavy atom. The van der Waals surface area contributed by atoms with Crippen molar-refractivity contribution in [1.82, 2.24) is 14.9 Å². The molecule has 1 aromatic rings. The highest BCUT2D eigenvalue weighted by Gasteiger charge is 2.26. The Balaban J connectivity index is 1.92. The molecule has 0 spiro atoms. The lowest BCUT2D eigenvalue weighted by molar-refractivity contribution is 0.0240. The molecule has 116 valence electrons. The van der Waals surface area contributed by atoms with Crippen molar-refractivity contribution >= 4 is 17.9 Å². The van der Waals surface area contributed by atoms with Gasteiger partial charge in [-0.1, -0.05) is 0 Å². The van der Waals surface area contributed by atoms with Gasteiger partial charge in [-0.05, 0) is 26.8 Å². The summed E-state index contributed by atoms with van der Waals surface area (Å²) in [5.74, 6) is 1.47. The standard InChI is InChI=1S/C14H23N5O2/c1-14(2,3)21-13(20)19-9-7-18(8-10-19)12-16-6-5-11(15-4)17-12/h5-6H,7-10H2,1-4H3,(H,15,16,17). The minimum Gasteiger partial charge on any atom is -0.444 e. The number of aromatic nitrogens is 2. The maximum atomic E-state index is 12.0. The highest BCUT2D eigenvalue weighted by atomic mass is 16.6. The summed E-state index contributed by atoms with van der Waals surface area (Å²) in [6.07, 6.45) is 1.47. The molecule has 1 aliphatic rings. The number of carbonyl (C=O) groups is 1. The van der Waals surface area contributed by atoms with Crippen molar-refractivity contribution in [3.05, 3.63) is 12.3 Å². The topological polar surface area (TPSA) is 70.6 Å². The summed E-state index contributed by atoms with van der Waals surface area (Å²) in [6, 6.07) is 1.82. The number of carbonyl (C=O) groups excluding carboxylic acids is 1. The zero-order valence-corrected chi connectivity index (χ0v) is 13.1. The van der Waals surface area contributed by atoms with Crippen LogP contribution in [0.2, 0.25) is 0 Å². The van der Waals surface area contributed by atoms with E-state index in [2.05, 4.69) is 20.2 Å². The minimum absolute atomic E-state index is 0.257. The molecule has 7 heteroatoms. The third-order valence-electron chi connectivity index (χ3n) is 3.11. The van der Waals surface area contributed by atoms with Crippen molar-refractivity contribution in [2.45, 2.75) is 26.4 Å². The highest BCUT2D eigenvalue weighted by molar-refractivity contribution is 5.68. The average molecular weight is 293 g/mol. The molecule has 0 bridgehead atoms. The van der Waals surface area contributed by atoms with Gasteiger partial charge in [0.2, 0.25) is 5.95 Å². The molecule has 0 aliphatic carbocycles. The van der Waals surface area contributed by atoms with Crippen LogP contribution in [0.25, 0.3) is 0 Å². The van der Waals surface area contributed by atoms with Gasteiger partial charge in [-0.3, -0.25) is 0 Å². The molecule has 0 radical (unpaired) electrons. The van der Waals surface area contributed by atoms with E-state index < -0.39 is 5.60 Å². The van der Waals surface area contributed by atoms with Crippen molar-refractivity contribution in [2.24, 2.45) is 0 Å². The number of anilines is 2. The summed E-state index contributed by atoms with van der Waals surface area (Å²) in [5, 5.41) is 3.00. The number of nitrogens with zero attached hydrogens (tertiary/aromatic N) is 4. The fourth-order valence-corrected chi connectivity index (χ4v) is 2.06. The van der Waals surface area contributed by atoms with E-state index in [-0.39, 0.29) is 6.09 Å². The van der Waals surface area contributed by atoms with Crippen molar-refractivity contribution in [3.63, 3.8) is 0 Å². The Labute approximate surface area is 125 Å². The van der Waals surface area contributed by atoms with Crippen LogP contribution >= 0.6 is 0 Å². The lowest BCUT2D eigenvalue weighted by Crippen LogP contribution is -2.50. The summed E-state index contributed by atoms with van der Waals surface area (Å²) in [6.45, 7) is 8.25. The van der Waals surface area contributed by atoms with Crippen LogP contribution in [-0.2, 0) is 4.74 Å². The zero-order valence-electron chi connectivity index (χ0n) is 13.1. The number of ether oxygens (including phenoxy) is 1. The van der Waals surface area contributed by atoms with E-state index >= 15 is 0 Å². The predicted octanol–water partition coefficient (Wildman–Crippen LogP) is 1.58. The van der Waals surface area contributed by atoms with Crippen LogP contribution in [-0.4, -0.2) is 59.8 Å². The maximum absolute atomic E-state index is 12.0. The van der Waals surface area contributed by atoms with Gasteiger partial charge in [-0.25, -0.2) is 9.78 Å². The largest absolute Gasteiger partial charge is 0.444 e. The Morgan fingerprint density at radius 3 is 2.52 bits per heavy atom. The van der Waals surface area contributed by atoms with Crippen LogP contribution < -0.4 is 10.2 Å². The molecule has 1 aliphatic heterocycles. The second kappa shape index (κ2) is 6.15. The average Bonchev–Trinajstić information content (AvgIpc) is 2.46. The van der Waals surface area contributed by atoms with E-state index in [4.69, 9.17) is 4.74 Å². The van der Waals surface area contributed by atoms with Gasteiger partial charge >= 0.3 is 6.09 Å². The van der Waals surface area contributed by atoms with Gasteiger partial charge in [0.15, 0.2) is 0 Å². The summed E-state index contributed by atoms with van der Waals surface area (Å²) >= 11 is 0. The molecule has 1 fully saturated rings. The van der Waals surface area contributed by atoms with Crippen LogP contribution in [0.15, 0.2) is 12.3 Å². The van der Waals surface area contributed by atoms with Gasteiger partial charge in [0.1, 0.15) is 11.4 Å². The minimum atomic E-state index is -0.460. The van der Waals surface area contributed by atoms with E-state index in [1.54, 1.807) is 11.1 Å². The van der Waals surface area contributed by atoms with Gasteiger partial charge in [0, 0.05) is 39.4 Å². The first-order chi connectivity index (χ1) is 9.89. The van der Waals surface area contributed by atoms with Crippen LogP contribution in [0.3, 0.4) is 0 Å². The SMILES string of the molecule is CNc1ccnc(N2CCN(C(=O)OC(C)(C)C)CC2)n1. The van der Waals surface area contributed by atoms with Gasteiger partial charge in [0.05, 0.1) is 0 Å².